The molecule has 0 unspecified atom stereocenters. The lowest BCUT2D eigenvalue weighted by Crippen LogP contribution is -2.30. The molecule has 6 heteroatoms. The average Bonchev–Trinajstić information content (AvgIpc) is 3.15. The van der Waals surface area contributed by atoms with E-state index in [-0.39, 0.29) is 6.79 Å². The van der Waals surface area contributed by atoms with Crippen LogP contribution in [0.1, 0.15) is 41.3 Å². The van der Waals surface area contributed by atoms with Crippen molar-refractivity contribution in [2.45, 2.75) is 38.7 Å². The van der Waals surface area contributed by atoms with Gasteiger partial charge in [0.1, 0.15) is 0 Å². The molecule has 1 amide bonds. The van der Waals surface area contributed by atoms with Crippen molar-refractivity contribution in [1.29, 1.82) is 0 Å². The van der Waals surface area contributed by atoms with Crippen molar-refractivity contribution in [1.82, 2.24) is 0 Å². The number of carbonyl (C=O) groups excluding carboxylic acids is 2. The molecule has 1 atom stereocenters. The maximum atomic E-state index is 12.4. The number of anilines is 1. The second-order valence-corrected chi connectivity index (χ2v) is 6.80. The lowest BCUT2D eigenvalue weighted by Gasteiger charge is -2.17. The Morgan fingerprint density at radius 2 is 1.78 bits per heavy atom. The Morgan fingerprint density at radius 3 is 2.63 bits per heavy atom. The zero-order chi connectivity index (χ0) is 18.8. The molecule has 0 saturated heterocycles. The SMILES string of the molecule is C[C@@H](OC(=O)c1ccc2c(c1)CCCC2)C(=O)Nc1ccc2c(c1)OCO2. The van der Waals surface area contributed by atoms with Gasteiger partial charge in [0, 0.05) is 11.8 Å². The molecule has 1 aliphatic heterocycles. The molecular formula is C21H21NO5. The lowest BCUT2D eigenvalue weighted by atomic mass is 9.90. The van der Waals surface area contributed by atoms with E-state index in [4.69, 9.17) is 14.2 Å². The van der Waals surface area contributed by atoms with Crippen molar-refractivity contribution in [3.05, 3.63) is 53.1 Å². The lowest BCUT2D eigenvalue weighted by molar-refractivity contribution is -0.123. The first-order chi connectivity index (χ1) is 13.1. The molecule has 0 spiro atoms. The van der Waals surface area contributed by atoms with E-state index in [1.54, 1.807) is 31.2 Å². The third-order valence-corrected chi connectivity index (χ3v) is 4.88. The van der Waals surface area contributed by atoms with Crippen molar-refractivity contribution >= 4 is 17.6 Å². The van der Waals surface area contributed by atoms with E-state index in [9.17, 15) is 9.59 Å². The minimum atomic E-state index is -0.918. The Hall–Kier alpha value is -3.02. The number of esters is 1. The van der Waals surface area contributed by atoms with Gasteiger partial charge >= 0.3 is 5.97 Å². The summed E-state index contributed by atoms with van der Waals surface area (Å²) in [6, 6.07) is 10.8. The summed E-state index contributed by atoms with van der Waals surface area (Å²) in [6.07, 6.45) is 3.45. The van der Waals surface area contributed by atoms with Gasteiger partial charge in [-0.3, -0.25) is 4.79 Å². The molecule has 27 heavy (non-hydrogen) atoms. The number of ether oxygens (including phenoxy) is 3. The average molecular weight is 367 g/mol. The van der Waals surface area contributed by atoms with Crippen molar-refractivity contribution in [3.63, 3.8) is 0 Å². The van der Waals surface area contributed by atoms with E-state index in [0.29, 0.717) is 22.7 Å². The first-order valence-corrected chi connectivity index (χ1v) is 9.13. The largest absolute Gasteiger partial charge is 0.454 e. The Bertz CT molecular complexity index is 892. The van der Waals surface area contributed by atoms with Gasteiger partial charge in [-0.1, -0.05) is 6.07 Å². The third kappa shape index (κ3) is 3.74. The number of fused-ring (bicyclic) bond motifs is 2. The standard InChI is InChI=1S/C21H21NO5/c1-13(20(23)22-17-8-9-18-19(11-17)26-12-25-18)27-21(24)16-7-6-14-4-2-3-5-15(14)10-16/h6-11,13H,2-5,12H2,1H3,(H,22,23)/t13-/m1/s1. The maximum absolute atomic E-state index is 12.4. The summed E-state index contributed by atoms with van der Waals surface area (Å²) in [6.45, 7) is 1.72. The number of aryl methyl sites for hydroxylation is 2. The van der Waals surface area contributed by atoms with Gasteiger partial charge in [0.05, 0.1) is 5.56 Å². The monoisotopic (exact) mass is 367 g/mol. The highest BCUT2D eigenvalue weighted by molar-refractivity contribution is 5.97. The van der Waals surface area contributed by atoms with E-state index in [0.717, 1.165) is 19.3 Å². The number of rotatable bonds is 4. The van der Waals surface area contributed by atoms with Crippen LogP contribution in [-0.4, -0.2) is 24.8 Å². The van der Waals surface area contributed by atoms with Crippen LogP contribution < -0.4 is 14.8 Å². The van der Waals surface area contributed by atoms with Crippen molar-refractivity contribution in [2.75, 3.05) is 12.1 Å². The zero-order valence-electron chi connectivity index (χ0n) is 15.1. The number of benzene rings is 2. The van der Waals surface area contributed by atoms with Crippen LogP contribution in [0.4, 0.5) is 5.69 Å². The molecule has 6 nitrogen and oxygen atoms in total. The van der Waals surface area contributed by atoms with Gasteiger partial charge in [-0.25, -0.2) is 4.79 Å². The van der Waals surface area contributed by atoms with E-state index in [1.165, 1.54) is 17.5 Å². The van der Waals surface area contributed by atoms with Gasteiger partial charge < -0.3 is 19.5 Å². The molecule has 140 valence electrons. The second-order valence-electron chi connectivity index (χ2n) is 6.80. The highest BCUT2D eigenvalue weighted by Crippen LogP contribution is 2.34. The smallest absolute Gasteiger partial charge is 0.338 e. The van der Waals surface area contributed by atoms with E-state index in [1.807, 2.05) is 12.1 Å². The number of hydrogen-bond acceptors (Lipinski definition) is 5. The van der Waals surface area contributed by atoms with E-state index >= 15 is 0 Å². The fraction of sp³-hybridized carbons (Fsp3) is 0.333. The first-order valence-electron chi connectivity index (χ1n) is 9.13. The number of carbonyl (C=O) groups is 2. The van der Waals surface area contributed by atoms with Crippen LogP contribution in [-0.2, 0) is 22.4 Å². The zero-order valence-corrected chi connectivity index (χ0v) is 15.1. The van der Waals surface area contributed by atoms with Gasteiger partial charge in [0.15, 0.2) is 17.6 Å². The first kappa shape index (κ1) is 17.4. The highest BCUT2D eigenvalue weighted by Gasteiger charge is 2.21. The van der Waals surface area contributed by atoms with Gasteiger partial charge in [0.2, 0.25) is 6.79 Å². The minimum absolute atomic E-state index is 0.168. The molecule has 1 heterocycles. The van der Waals surface area contributed by atoms with Crippen LogP contribution in [0.25, 0.3) is 0 Å². The number of amides is 1. The van der Waals surface area contributed by atoms with E-state index < -0.39 is 18.0 Å². The Morgan fingerprint density at radius 1 is 1.00 bits per heavy atom. The molecule has 2 aliphatic rings. The fourth-order valence-electron chi connectivity index (χ4n) is 3.36. The predicted octanol–water partition coefficient (Wildman–Crippen LogP) is 3.48. The van der Waals surface area contributed by atoms with Crippen LogP contribution in [0.3, 0.4) is 0 Å². The Labute approximate surface area is 157 Å². The fourth-order valence-corrected chi connectivity index (χ4v) is 3.36. The van der Waals surface area contributed by atoms with Crippen LogP contribution in [0, 0.1) is 0 Å². The molecule has 2 aromatic carbocycles. The molecule has 1 aliphatic carbocycles. The molecule has 0 bridgehead atoms. The van der Waals surface area contributed by atoms with Crippen molar-refractivity contribution in [3.8, 4) is 11.5 Å². The van der Waals surface area contributed by atoms with Crippen LogP contribution >= 0.6 is 0 Å². The summed E-state index contributed by atoms with van der Waals surface area (Å²) in [7, 11) is 0. The van der Waals surface area contributed by atoms with Crippen LogP contribution in [0.15, 0.2) is 36.4 Å². The van der Waals surface area contributed by atoms with Crippen LogP contribution in [0.5, 0.6) is 11.5 Å². The third-order valence-electron chi connectivity index (χ3n) is 4.88. The molecule has 0 aromatic heterocycles. The number of hydrogen-bond donors (Lipinski definition) is 1. The molecule has 2 aromatic rings. The van der Waals surface area contributed by atoms with Gasteiger partial charge in [-0.2, -0.15) is 0 Å². The van der Waals surface area contributed by atoms with Crippen molar-refractivity contribution < 1.29 is 23.8 Å². The molecule has 4 rings (SSSR count). The van der Waals surface area contributed by atoms with Gasteiger partial charge in [0.25, 0.3) is 5.91 Å². The maximum Gasteiger partial charge on any atom is 0.338 e. The molecule has 1 N–H and O–H groups in total. The van der Waals surface area contributed by atoms with E-state index in [2.05, 4.69) is 5.32 Å². The normalized spacial score (nSPS) is 15.6. The van der Waals surface area contributed by atoms with Gasteiger partial charge in [-0.15, -0.1) is 0 Å². The topological polar surface area (TPSA) is 73.9 Å². The van der Waals surface area contributed by atoms with Gasteiger partial charge in [-0.05, 0) is 68.0 Å². The highest BCUT2D eigenvalue weighted by atomic mass is 16.7. The summed E-state index contributed by atoms with van der Waals surface area (Å²) in [4.78, 5) is 24.8. The molecule has 0 saturated carbocycles. The predicted molar refractivity (Wildman–Crippen MR) is 99.2 cm³/mol. The summed E-state index contributed by atoms with van der Waals surface area (Å²) >= 11 is 0. The second kappa shape index (κ2) is 7.31. The van der Waals surface area contributed by atoms with Crippen LogP contribution in [0.2, 0.25) is 0 Å². The Kier molecular flexibility index (Phi) is 4.71. The Balaban J connectivity index is 1.38. The number of nitrogens with one attached hydrogen (secondary N) is 1. The summed E-state index contributed by atoms with van der Waals surface area (Å²) in [5.41, 5.74) is 3.54. The van der Waals surface area contributed by atoms with Crippen molar-refractivity contribution in [2.24, 2.45) is 0 Å². The summed E-state index contributed by atoms with van der Waals surface area (Å²) in [5.74, 6) is 0.322. The summed E-state index contributed by atoms with van der Waals surface area (Å²) < 4.78 is 15.9. The molecule has 0 fully saturated rings. The minimum Gasteiger partial charge on any atom is -0.454 e. The molecular weight excluding hydrogens is 346 g/mol. The summed E-state index contributed by atoms with van der Waals surface area (Å²) in [5, 5.41) is 2.73. The quantitative estimate of drug-likeness (QED) is 0.838. The molecule has 0 radical (unpaired) electrons.